The zero-order valence-corrected chi connectivity index (χ0v) is 13.1. The molecule has 2 atom stereocenters. The molecule has 1 aliphatic rings. The summed E-state index contributed by atoms with van der Waals surface area (Å²) >= 11 is 0. The molecule has 1 fully saturated rings. The van der Waals surface area contributed by atoms with E-state index < -0.39 is 29.4 Å². The van der Waals surface area contributed by atoms with Gasteiger partial charge >= 0.3 is 6.09 Å². The molecule has 122 valence electrons. The van der Waals surface area contributed by atoms with Crippen LogP contribution in [0.25, 0.3) is 0 Å². The van der Waals surface area contributed by atoms with Gasteiger partial charge in [0.1, 0.15) is 17.2 Å². The zero-order valence-electron chi connectivity index (χ0n) is 13.1. The van der Waals surface area contributed by atoms with Crippen LogP contribution in [0.2, 0.25) is 0 Å². The number of nitrogens with zero attached hydrogens (tertiary/aromatic N) is 1. The summed E-state index contributed by atoms with van der Waals surface area (Å²) in [6.07, 6.45) is 0.991. The Labute approximate surface area is 129 Å². The molecule has 2 N–H and O–H groups in total. The van der Waals surface area contributed by atoms with E-state index in [1.54, 1.807) is 25.7 Å². The predicted octanol–water partition coefficient (Wildman–Crippen LogP) is 3.36. The SMILES string of the molecule is CC(C)(C)OC(=O)N1CCCC1C(N)c1ccc(F)cc1F. The fourth-order valence-electron chi connectivity index (χ4n) is 2.69. The van der Waals surface area contributed by atoms with Crippen LogP contribution in [0.1, 0.15) is 45.2 Å². The number of halogens is 2. The summed E-state index contributed by atoms with van der Waals surface area (Å²) in [5.74, 6) is -1.34. The van der Waals surface area contributed by atoms with Crippen molar-refractivity contribution in [1.29, 1.82) is 0 Å². The fourth-order valence-corrected chi connectivity index (χ4v) is 2.69. The van der Waals surface area contributed by atoms with Crippen molar-refractivity contribution < 1.29 is 18.3 Å². The van der Waals surface area contributed by atoms with Crippen LogP contribution in [0.3, 0.4) is 0 Å². The first-order chi connectivity index (χ1) is 10.2. The first-order valence-corrected chi connectivity index (χ1v) is 7.39. The topological polar surface area (TPSA) is 55.6 Å². The summed E-state index contributed by atoms with van der Waals surface area (Å²) in [6, 6.07) is 2.25. The summed E-state index contributed by atoms with van der Waals surface area (Å²) < 4.78 is 32.3. The van der Waals surface area contributed by atoms with Gasteiger partial charge in [-0.15, -0.1) is 0 Å². The lowest BCUT2D eigenvalue weighted by atomic mass is 9.98. The van der Waals surface area contributed by atoms with Crippen LogP contribution in [0.5, 0.6) is 0 Å². The van der Waals surface area contributed by atoms with Gasteiger partial charge in [-0.25, -0.2) is 13.6 Å². The van der Waals surface area contributed by atoms with Crippen molar-refractivity contribution in [2.24, 2.45) is 5.73 Å². The average Bonchev–Trinajstić information content (AvgIpc) is 2.85. The molecule has 6 heteroatoms. The summed E-state index contributed by atoms with van der Waals surface area (Å²) in [6.45, 7) is 5.89. The monoisotopic (exact) mass is 312 g/mol. The minimum Gasteiger partial charge on any atom is -0.444 e. The van der Waals surface area contributed by atoms with Crippen molar-refractivity contribution >= 4 is 6.09 Å². The van der Waals surface area contributed by atoms with Gasteiger partial charge in [0.15, 0.2) is 0 Å². The van der Waals surface area contributed by atoms with Crippen molar-refractivity contribution in [3.8, 4) is 0 Å². The second kappa shape index (κ2) is 6.20. The summed E-state index contributed by atoms with van der Waals surface area (Å²) in [5, 5.41) is 0. The van der Waals surface area contributed by atoms with Gasteiger partial charge in [-0.1, -0.05) is 6.07 Å². The van der Waals surface area contributed by atoms with Crippen LogP contribution in [-0.2, 0) is 4.74 Å². The van der Waals surface area contributed by atoms with E-state index in [0.717, 1.165) is 12.5 Å². The molecular formula is C16H22F2N2O2. The lowest BCUT2D eigenvalue weighted by Gasteiger charge is -2.31. The van der Waals surface area contributed by atoms with E-state index in [4.69, 9.17) is 10.5 Å². The highest BCUT2D eigenvalue weighted by atomic mass is 19.1. The van der Waals surface area contributed by atoms with E-state index >= 15 is 0 Å². The van der Waals surface area contributed by atoms with Crippen LogP contribution in [0.15, 0.2) is 18.2 Å². The van der Waals surface area contributed by atoms with E-state index in [-0.39, 0.29) is 11.6 Å². The molecule has 1 amide bonds. The average molecular weight is 312 g/mol. The van der Waals surface area contributed by atoms with Crippen LogP contribution >= 0.6 is 0 Å². The number of hydrogen-bond donors (Lipinski definition) is 1. The Bertz CT molecular complexity index is 558. The number of likely N-dealkylation sites (tertiary alicyclic amines) is 1. The molecule has 1 aliphatic heterocycles. The molecule has 0 aromatic heterocycles. The van der Waals surface area contributed by atoms with E-state index in [0.29, 0.717) is 13.0 Å². The van der Waals surface area contributed by atoms with E-state index in [1.807, 2.05) is 0 Å². The molecule has 2 rings (SSSR count). The zero-order chi connectivity index (χ0) is 16.5. The Morgan fingerprint density at radius 3 is 2.68 bits per heavy atom. The second-order valence-electron chi connectivity index (χ2n) is 6.57. The Balaban J connectivity index is 2.17. The first kappa shape index (κ1) is 16.7. The molecule has 1 aromatic carbocycles. The van der Waals surface area contributed by atoms with Gasteiger partial charge in [0.25, 0.3) is 0 Å². The lowest BCUT2D eigenvalue weighted by molar-refractivity contribution is 0.0205. The number of carbonyl (C=O) groups excluding carboxylic acids is 1. The normalized spacial score (nSPS) is 20.1. The van der Waals surface area contributed by atoms with Gasteiger partial charge in [-0.3, -0.25) is 0 Å². The van der Waals surface area contributed by atoms with Crippen LogP contribution < -0.4 is 5.73 Å². The highest BCUT2D eigenvalue weighted by Crippen LogP contribution is 2.30. The number of nitrogens with two attached hydrogens (primary N) is 1. The summed E-state index contributed by atoms with van der Waals surface area (Å²) in [4.78, 5) is 13.8. The molecule has 22 heavy (non-hydrogen) atoms. The van der Waals surface area contributed by atoms with Crippen molar-refractivity contribution in [1.82, 2.24) is 4.90 Å². The number of ether oxygens (including phenoxy) is 1. The predicted molar refractivity (Wildman–Crippen MR) is 79.2 cm³/mol. The molecule has 1 aromatic rings. The van der Waals surface area contributed by atoms with Crippen molar-refractivity contribution in [3.63, 3.8) is 0 Å². The van der Waals surface area contributed by atoms with E-state index in [2.05, 4.69) is 0 Å². The number of hydrogen-bond acceptors (Lipinski definition) is 3. The number of carbonyl (C=O) groups is 1. The van der Waals surface area contributed by atoms with Crippen molar-refractivity contribution in [2.45, 2.75) is 51.3 Å². The Hall–Kier alpha value is -1.69. The summed E-state index contributed by atoms with van der Waals surface area (Å²) in [7, 11) is 0. The second-order valence-corrected chi connectivity index (χ2v) is 6.57. The Morgan fingerprint density at radius 2 is 2.09 bits per heavy atom. The number of rotatable bonds is 2. The number of benzene rings is 1. The molecule has 1 heterocycles. The maximum Gasteiger partial charge on any atom is 0.410 e. The third-order valence-corrected chi connectivity index (χ3v) is 3.66. The maximum absolute atomic E-state index is 13.9. The third kappa shape index (κ3) is 3.74. The molecule has 0 saturated carbocycles. The van der Waals surface area contributed by atoms with Gasteiger partial charge < -0.3 is 15.4 Å². The quantitative estimate of drug-likeness (QED) is 0.911. The van der Waals surface area contributed by atoms with Gasteiger partial charge in [0.2, 0.25) is 0 Å². The first-order valence-electron chi connectivity index (χ1n) is 7.39. The van der Waals surface area contributed by atoms with Crippen LogP contribution in [0, 0.1) is 11.6 Å². The molecule has 0 radical (unpaired) electrons. The van der Waals surface area contributed by atoms with E-state index in [9.17, 15) is 13.6 Å². The Kier molecular flexibility index (Phi) is 4.70. The molecule has 1 saturated heterocycles. The smallest absolute Gasteiger partial charge is 0.410 e. The highest BCUT2D eigenvalue weighted by molar-refractivity contribution is 5.69. The lowest BCUT2D eigenvalue weighted by Crippen LogP contribution is -2.44. The minimum absolute atomic E-state index is 0.210. The molecule has 2 unspecified atom stereocenters. The number of amides is 1. The molecule has 0 bridgehead atoms. The molecule has 4 nitrogen and oxygen atoms in total. The van der Waals surface area contributed by atoms with Crippen LogP contribution in [0.4, 0.5) is 13.6 Å². The van der Waals surface area contributed by atoms with Crippen molar-refractivity contribution in [2.75, 3.05) is 6.54 Å². The largest absolute Gasteiger partial charge is 0.444 e. The van der Waals surface area contributed by atoms with E-state index in [1.165, 1.54) is 12.1 Å². The van der Waals surface area contributed by atoms with Gasteiger partial charge in [0.05, 0.1) is 12.1 Å². The third-order valence-electron chi connectivity index (χ3n) is 3.66. The molecule has 0 spiro atoms. The summed E-state index contributed by atoms with van der Waals surface area (Å²) in [5.41, 5.74) is 5.74. The molecular weight excluding hydrogens is 290 g/mol. The Morgan fingerprint density at radius 1 is 1.41 bits per heavy atom. The molecule has 0 aliphatic carbocycles. The van der Waals surface area contributed by atoms with Gasteiger partial charge in [0, 0.05) is 18.2 Å². The van der Waals surface area contributed by atoms with Gasteiger partial charge in [-0.05, 0) is 39.7 Å². The van der Waals surface area contributed by atoms with Gasteiger partial charge in [-0.2, -0.15) is 0 Å². The van der Waals surface area contributed by atoms with Crippen molar-refractivity contribution in [3.05, 3.63) is 35.4 Å². The van der Waals surface area contributed by atoms with Crippen LogP contribution in [-0.4, -0.2) is 29.2 Å². The highest BCUT2D eigenvalue weighted by Gasteiger charge is 2.37. The minimum atomic E-state index is -0.712. The standard InChI is InChI=1S/C16H22F2N2O2/c1-16(2,3)22-15(21)20-8-4-5-13(20)14(19)11-7-6-10(17)9-12(11)18/h6-7,9,13-14H,4-5,8,19H2,1-3H3. The fraction of sp³-hybridized carbons (Fsp3) is 0.562. The maximum atomic E-state index is 13.9.